The number of ether oxygens (including phenoxy) is 1. The van der Waals surface area contributed by atoms with Crippen LogP contribution < -0.4 is 14.5 Å². The van der Waals surface area contributed by atoms with Gasteiger partial charge in [0, 0.05) is 61.0 Å². The number of hydrogen-bond donors (Lipinski definition) is 0. The number of amides is 1. The molecule has 1 unspecified atom stereocenters. The van der Waals surface area contributed by atoms with E-state index >= 15 is 0 Å². The first-order valence-corrected chi connectivity index (χ1v) is 15.7. The Hall–Kier alpha value is -3.35. The minimum Gasteiger partial charge on any atom is -0.462 e. The molecule has 1 amide bonds. The number of hydrogen-bond acceptors (Lipinski definition) is 8. The van der Waals surface area contributed by atoms with Gasteiger partial charge in [-0.3, -0.25) is 4.79 Å². The van der Waals surface area contributed by atoms with E-state index in [1.165, 1.54) is 29.3 Å². The molecule has 2 aromatic rings. The number of halogens is 1. The number of carbonyl (C=O) groups excluding carboxylic acids is 1. The Balaban J connectivity index is 1.30. The minimum absolute atomic E-state index is 0.130. The zero-order chi connectivity index (χ0) is 29.2. The molecule has 0 radical (unpaired) electrons. The molecule has 3 aliphatic heterocycles. The van der Waals surface area contributed by atoms with Gasteiger partial charge in [-0.25, -0.2) is 0 Å². The molecule has 1 aromatic carbocycles. The van der Waals surface area contributed by atoms with Crippen molar-refractivity contribution in [2.24, 2.45) is 0 Å². The van der Waals surface area contributed by atoms with Crippen LogP contribution in [0.1, 0.15) is 48.9 Å². The van der Waals surface area contributed by atoms with Gasteiger partial charge < -0.3 is 24.3 Å². The highest BCUT2D eigenvalue weighted by Gasteiger charge is 2.35. The van der Waals surface area contributed by atoms with Crippen molar-refractivity contribution in [3.8, 4) is 12.1 Å². The van der Waals surface area contributed by atoms with Crippen molar-refractivity contribution in [1.82, 2.24) is 19.8 Å². The van der Waals surface area contributed by atoms with Crippen LogP contribution in [0.4, 0.5) is 11.5 Å². The second-order valence-corrected chi connectivity index (χ2v) is 12.4. The summed E-state index contributed by atoms with van der Waals surface area (Å²) in [6.07, 6.45) is 8.78. The Bertz CT molecular complexity index is 1380. The monoisotopic (exact) mass is 589 g/mol. The van der Waals surface area contributed by atoms with Gasteiger partial charge in [0.05, 0.1) is 24.2 Å². The highest BCUT2D eigenvalue weighted by Crippen LogP contribution is 2.38. The molecule has 4 aliphatic rings. The molecule has 10 heteroatoms. The van der Waals surface area contributed by atoms with Crippen molar-refractivity contribution in [2.45, 2.75) is 69.5 Å². The number of likely N-dealkylation sites (N-methyl/N-ethyl adjacent to an activating group) is 1. The molecule has 3 atom stereocenters. The highest BCUT2D eigenvalue weighted by atomic mass is 35.5. The molecule has 4 heterocycles. The zero-order valence-electron chi connectivity index (χ0n) is 24.5. The fourth-order valence-electron chi connectivity index (χ4n) is 7.20. The topological polar surface area (TPSA) is 88.8 Å². The molecule has 0 spiro atoms. The van der Waals surface area contributed by atoms with E-state index in [-0.39, 0.29) is 18.4 Å². The lowest BCUT2D eigenvalue weighted by molar-refractivity contribution is -0.128. The van der Waals surface area contributed by atoms with Crippen LogP contribution >= 0.6 is 11.6 Å². The van der Waals surface area contributed by atoms with E-state index < -0.39 is 0 Å². The van der Waals surface area contributed by atoms with Crippen LogP contribution in [0.5, 0.6) is 6.01 Å². The molecule has 0 bridgehead atoms. The van der Waals surface area contributed by atoms with Crippen molar-refractivity contribution in [2.75, 3.05) is 56.2 Å². The number of piperazine rings is 1. The standard InChI is InChI=1S/C32H40ClN7O2/c1-3-30(41)40-17-16-38(20-25(40)12-13-34)31-27-11-10-24(39-15-4-6-22-8-9-23(33)18-29(22)39)19-28(27)35-32(36-31)42-21-26-7-5-14-37(26)2/h3,8-9,18,24-26H,1,4-7,10-12,14-17,19-21H2,2H3/t24?,25-,26-/m0/s1. The normalized spacial score (nSPS) is 24.1. The van der Waals surface area contributed by atoms with Crippen LogP contribution in [0.2, 0.25) is 5.02 Å². The third kappa shape index (κ3) is 5.80. The van der Waals surface area contributed by atoms with Crippen LogP contribution in [0.15, 0.2) is 30.9 Å². The van der Waals surface area contributed by atoms with Crippen molar-refractivity contribution < 1.29 is 9.53 Å². The SMILES string of the molecule is C=CC(=O)N1CCN(c2nc(OC[C@@H]3CCCN3C)nc3c2CCC(N2CCCc4ccc(Cl)cc42)C3)C[C@@H]1CC#N. The second kappa shape index (κ2) is 12.5. The molecule has 6 rings (SSSR count). The Labute approximate surface area is 253 Å². The van der Waals surface area contributed by atoms with E-state index in [4.69, 9.17) is 26.3 Å². The molecule has 1 aromatic heterocycles. The number of nitrogens with zero attached hydrogens (tertiary/aromatic N) is 7. The maximum Gasteiger partial charge on any atom is 0.318 e. The Kier molecular flexibility index (Phi) is 8.55. The molecule has 0 saturated carbocycles. The van der Waals surface area contributed by atoms with Crippen molar-refractivity contribution in [3.63, 3.8) is 0 Å². The van der Waals surface area contributed by atoms with Crippen molar-refractivity contribution in [1.29, 1.82) is 5.26 Å². The molecule has 9 nitrogen and oxygen atoms in total. The van der Waals surface area contributed by atoms with Gasteiger partial charge in [-0.05, 0) is 75.9 Å². The molecule has 0 N–H and O–H groups in total. The van der Waals surface area contributed by atoms with Gasteiger partial charge in [0.15, 0.2) is 0 Å². The number of anilines is 2. The van der Waals surface area contributed by atoms with Gasteiger partial charge in [-0.2, -0.15) is 15.2 Å². The van der Waals surface area contributed by atoms with E-state index in [1.807, 2.05) is 6.07 Å². The second-order valence-electron chi connectivity index (χ2n) is 12.0. The number of fused-ring (bicyclic) bond motifs is 2. The summed E-state index contributed by atoms with van der Waals surface area (Å²) >= 11 is 6.44. The molecular formula is C32H40ClN7O2. The van der Waals surface area contributed by atoms with E-state index in [9.17, 15) is 10.1 Å². The quantitative estimate of drug-likeness (QED) is 0.447. The van der Waals surface area contributed by atoms with Crippen LogP contribution in [0.3, 0.4) is 0 Å². The molecular weight excluding hydrogens is 550 g/mol. The third-order valence-corrected chi connectivity index (χ3v) is 9.73. The maximum absolute atomic E-state index is 12.5. The first-order chi connectivity index (χ1) is 20.4. The van der Waals surface area contributed by atoms with Crippen LogP contribution in [-0.2, 0) is 24.1 Å². The lowest BCUT2D eigenvalue weighted by Gasteiger charge is -2.43. The lowest BCUT2D eigenvalue weighted by atomic mass is 9.88. The highest BCUT2D eigenvalue weighted by molar-refractivity contribution is 6.30. The van der Waals surface area contributed by atoms with Gasteiger partial charge in [0.25, 0.3) is 0 Å². The summed E-state index contributed by atoms with van der Waals surface area (Å²) in [5.41, 5.74) is 4.82. The Morgan fingerprint density at radius 1 is 1.17 bits per heavy atom. The number of benzene rings is 1. The number of aryl methyl sites for hydroxylation is 1. The van der Waals surface area contributed by atoms with Gasteiger partial charge in [0.2, 0.25) is 5.91 Å². The first kappa shape index (κ1) is 28.8. The van der Waals surface area contributed by atoms with Crippen molar-refractivity contribution >= 4 is 29.0 Å². The summed E-state index contributed by atoms with van der Waals surface area (Å²) in [4.78, 5) is 31.4. The van der Waals surface area contributed by atoms with Crippen molar-refractivity contribution in [3.05, 3.63) is 52.7 Å². The van der Waals surface area contributed by atoms with E-state index in [0.717, 1.165) is 68.1 Å². The average molecular weight is 590 g/mol. The number of carbonyl (C=O) groups is 1. The first-order valence-electron chi connectivity index (χ1n) is 15.3. The predicted molar refractivity (Wildman–Crippen MR) is 164 cm³/mol. The summed E-state index contributed by atoms with van der Waals surface area (Å²) in [6.45, 7) is 8.02. The summed E-state index contributed by atoms with van der Waals surface area (Å²) in [6, 6.07) is 9.43. The summed E-state index contributed by atoms with van der Waals surface area (Å²) in [5, 5.41) is 10.3. The lowest BCUT2D eigenvalue weighted by Crippen LogP contribution is -2.55. The third-order valence-electron chi connectivity index (χ3n) is 9.49. The van der Waals surface area contributed by atoms with Crippen LogP contribution in [0.25, 0.3) is 0 Å². The number of rotatable bonds is 7. The van der Waals surface area contributed by atoms with Gasteiger partial charge in [-0.15, -0.1) is 0 Å². The largest absolute Gasteiger partial charge is 0.462 e. The Morgan fingerprint density at radius 2 is 2.05 bits per heavy atom. The predicted octanol–water partition coefficient (Wildman–Crippen LogP) is 4.03. The van der Waals surface area contributed by atoms with E-state index in [2.05, 4.69) is 46.5 Å². The zero-order valence-corrected chi connectivity index (χ0v) is 25.2. The number of nitriles is 1. The summed E-state index contributed by atoms with van der Waals surface area (Å²) in [7, 11) is 2.15. The molecule has 222 valence electrons. The average Bonchev–Trinajstić information content (AvgIpc) is 3.43. The van der Waals surface area contributed by atoms with Gasteiger partial charge >= 0.3 is 6.01 Å². The summed E-state index contributed by atoms with van der Waals surface area (Å²) in [5.74, 6) is 0.762. The minimum atomic E-state index is -0.220. The van der Waals surface area contributed by atoms with Gasteiger partial charge in [0.1, 0.15) is 12.4 Å². The summed E-state index contributed by atoms with van der Waals surface area (Å²) < 4.78 is 6.31. The molecule has 2 fully saturated rings. The van der Waals surface area contributed by atoms with Gasteiger partial charge in [-0.1, -0.05) is 24.2 Å². The molecule has 1 aliphatic carbocycles. The van der Waals surface area contributed by atoms with E-state index in [1.54, 1.807) is 4.90 Å². The Morgan fingerprint density at radius 3 is 2.83 bits per heavy atom. The molecule has 2 saturated heterocycles. The van der Waals surface area contributed by atoms with Crippen LogP contribution in [-0.4, -0.2) is 90.2 Å². The van der Waals surface area contributed by atoms with Crippen LogP contribution in [0, 0.1) is 11.3 Å². The fraction of sp³-hybridized carbons (Fsp3) is 0.562. The molecule has 42 heavy (non-hydrogen) atoms. The smallest absolute Gasteiger partial charge is 0.318 e. The fourth-order valence-corrected chi connectivity index (χ4v) is 7.37. The van der Waals surface area contributed by atoms with E-state index in [0.29, 0.717) is 44.3 Å². The maximum atomic E-state index is 12.5. The number of aromatic nitrogens is 2. The number of likely N-dealkylation sites (tertiary alicyclic amines) is 1.